The van der Waals surface area contributed by atoms with Gasteiger partial charge in [-0.2, -0.15) is 0 Å². The van der Waals surface area contributed by atoms with E-state index in [1.165, 1.54) is 0 Å². The Bertz CT molecular complexity index is 435. The standard InChI is InChI=1S/C10H22.C10H20.C9H18O/c2*1-7(2)9(5)10(6)8(3)4;1-6(2)8(5)9(10)7(3)4/h7-10H,1-6H3;7-8H,1-6H3;6-8H,1-5H3/b;10-9-;. The lowest BCUT2D eigenvalue weighted by molar-refractivity contribution is -0.126. The van der Waals surface area contributed by atoms with Crippen LogP contribution in [0, 0.1) is 53.3 Å². The lowest BCUT2D eigenvalue weighted by Gasteiger charge is -2.26. The number of Topliss-reactive ketones (excluding diaryl/α,β-unsaturated/α-hetero) is 1. The number of hydrogen-bond donors (Lipinski definition) is 0. The molecule has 0 saturated carbocycles. The van der Waals surface area contributed by atoms with Crippen molar-refractivity contribution in [1.29, 1.82) is 0 Å². The van der Waals surface area contributed by atoms with Gasteiger partial charge in [0.05, 0.1) is 0 Å². The zero-order valence-corrected chi connectivity index (χ0v) is 24.1. The van der Waals surface area contributed by atoms with E-state index in [4.69, 9.17) is 0 Å². The van der Waals surface area contributed by atoms with Gasteiger partial charge in [-0.1, -0.05) is 115 Å². The van der Waals surface area contributed by atoms with Gasteiger partial charge < -0.3 is 0 Å². The van der Waals surface area contributed by atoms with Gasteiger partial charge in [-0.05, 0) is 55.3 Å². The van der Waals surface area contributed by atoms with Crippen molar-refractivity contribution in [2.75, 3.05) is 0 Å². The third-order valence-corrected chi connectivity index (χ3v) is 7.30. The first-order chi connectivity index (χ1) is 13.4. The monoisotopic (exact) mass is 424 g/mol. The molecule has 0 aromatic carbocycles. The molecule has 0 rings (SSSR count). The summed E-state index contributed by atoms with van der Waals surface area (Å²) < 4.78 is 0. The van der Waals surface area contributed by atoms with Crippen LogP contribution in [0.4, 0.5) is 0 Å². The molecule has 0 fully saturated rings. The van der Waals surface area contributed by atoms with Gasteiger partial charge in [0.1, 0.15) is 5.78 Å². The Morgan fingerprint density at radius 3 is 0.800 bits per heavy atom. The summed E-state index contributed by atoms with van der Waals surface area (Å²) in [6, 6.07) is 0. The topological polar surface area (TPSA) is 17.1 Å². The number of allylic oxidation sites excluding steroid dienone is 2. The summed E-state index contributed by atoms with van der Waals surface area (Å²) in [5.74, 6) is 6.09. The predicted molar refractivity (Wildman–Crippen MR) is 140 cm³/mol. The highest BCUT2D eigenvalue weighted by molar-refractivity contribution is 5.82. The first-order valence-corrected chi connectivity index (χ1v) is 12.6. The minimum atomic E-state index is 0.192. The molecular formula is C29H60O. The predicted octanol–water partition coefficient (Wildman–Crippen LogP) is 9.71. The van der Waals surface area contributed by atoms with Gasteiger partial charge in [0.15, 0.2) is 0 Å². The maximum atomic E-state index is 11.3. The van der Waals surface area contributed by atoms with E-state index in [1.54, 1.807) is 11.1 Å². The number of carbonyl (C=O) groups excluding carboxylic acids is 1. The molecule has 0 N–H and O–H groups in total. The van der Waals surface area contributed by atoms with Gasteiger partial charge >= 0.3 is 0 Å². The average molecular weight is 425 g/mol. The fourth-order valence-electron chi connectivity index (χ4n) is 2.98. The minimum Gasteiger partial charge on any atom is -0.299 e. The van der Waals surface area contributed by atoms with Crippen LogP contribution in [0.5, 0.6) is 0 Å². The molecule has 0 aromatic heterocycles. The Morgan fingerprint density at radius 2 is 0.700 bits per heavy atom. The van der Waals surface area contributed by atoms with Crippen molar-refractivity contribution in [2.45, 2.75) is 118 Å². The van der Waals surface area contributed by atoms with Crippen molar-refractivity contribution in [1.82, 2.24) is 0 Å². The summed E-state index contributed by atoms with van der Waals surface area (Å²) in [5, 5.41) is 0. The fourth-order valence-corrected chi connectivity index (χ4v) is 2.98. The largest absolute Gasteiger partial charge is 0.299 e. The SMILES string of the molecule is C/C(=C(\C)C(C)C)C(C)C.CC(C)C(=O)C(C)C(C)C.CC(C)C(C)C(C)C(C)C. The maximum absolute atomic E-state index is 11.3. The normalized spacial score (nSPS) is 15.6. The zero-order valence-electron chi connectivity index (χ0n) is 24.1. The molecule has 0 aliphatic carbocycles. The Labute approximate surface area is 192 Å². The highest BCUT2D eigenvalue weighted by atomic mass is 16.1. The summed E-state index contributed by atoms with van der Waals surface area (Å²) in [6.45, 7) is 37.5. The van der Waals surface area contributed by atoms with Crippen LogP contribution in [0.1, 0.15) is 118 Å². The van der Waals surface area contributed by atoms with Crippen molar-refractivity contribution in [3.05, 3.63) is 11.1 Å². The minimum absolute atomic E-state index is 0.192. The van der Waals surface area contributed by atoms with Crippen LogP contribution in [-0.2, 0) is 4.79 Å². The second-order valence-electron chi connectivity index (χ2n) is 11.5. The first-order valence-electron chi connectivity index (χ1n) is 12.6. The van der Waals surface area contributed by atoms with Crippen LogP contribution in [0.25, 0.3) is 0 Å². The van der Waals surface area contributed by atoms with E-state index in [9.17, 15) is 4.79 Å². The molecule has 182 valence electrons. The number of rotatable bonds is 8. The zero-order chi connectivity index (χ0) is 24.9. The second kappa shape index (κ2) is 17.0. The lowest BCUT2D eigenvalue weighted by Crippen LogP contribution is -2.21. The average Bonchev–Trinajstić information content (AvgIpc) is 2.64. The molecule has 0 heterocycles. The maximum Gasteiger partial charge on any atom is 0.138 e. The van der Waals surface area contributed by atoms with E-state index in [0.29, 0.717) is 23.5 Å². The molecule has 0 aliphatic heterocycles. The third kappa shape index (κ3) is 15.2. The third-order valence-electron chi connectivity index (χ3n) is 7.30. The van der Waals surface area contributed by atoms with Gasteiger partial charge in [0, 0.05) is 11.8 Å². The summed E-state index contributed by atoms with van der Waals surface area (Å²) in [4.78, 5) is 11.3. The molecule has 0 aliphatic rings. The molecule has 1 heteroatoms. The molecule has 0 saturated heterocycles. The van der Waals surface area contributed by atoms with E-state index in [0.717, 1.165) is 23.7 Å². The Kier molecular flexibility index (Phi) is 19.3. The summed E-state index contributed by atoms with van der Waals surface area (Å²) >= 11 is 0. The van der Waals surface area contributed by atoms with E-state index < -0.39 is 0 Å². The van der Waals surface area contributed by atoms with E-state index in [1.807, 2.05) is 20.8 Å². The molecular weight excluding hydrogens is 364 g/mol. The van der Waals surface area contributed by atoms with Gasteiger partial charge in [-0.15, -0.1) is 0 Å². The molecule has 0 bridgehead atoms. The summed E-state index contributed by atoms with van der Waals surface area (Å²) in [7, 11) is 0. The fraction of sp³-hybridized carbons (Fsp3) is 0.897. The van der Waals surface area contributed by atoms with Gasteiger partial charge in [-0.3, -0.25) is 4.79 Å². The van der Waals surface area contributed by atoms with Gasteiger partial charge in [0.25, 0.3) is 0 Å². The quantitative estimate of drug-likeness (QED) is 0.354. The molecule has 0 aromatic rings. The molecule has 0 radical (unpaired) electrons. The van der Waals surface area contributed by atoms with E-state index in [-0.39, 0.29) is 11.8 Å². The van der Waals surface area contributed by atoms with Gasteiger partial charge in [-0.25, -0.2) is 0 Å². The Balaban J connectivity index is -0.000000364. The molecule has 0 spiro atoms. The van der Waals surface area contributed by atoms with Crippen molar-refractivity contribution < 1.29 is 4.79 Å². The van der Waals surface area contributed by atoms with Gasteiger partial charge in [0.2, 0.25) is 0 Å². The van der Waals surface area contributed by atoms with Crippen LogP contribution in [-0.4, -0.2) is 5.78 Å². The van der Waals surface area contributed by atoms with E-state index >= 15 is 0 Å². The van der Waals surface area contributed by atoms with E-state index in [2.05, 4.69) is 96.9 Å². The first kappa shape index (κ1) is 34.0. The molecule has 1 nitrogen and oxygen atoms in total. The summed E-state index contributed by atoms with van der Waals surface area (Å²) in [5.41, 5.74) is 3.10. The van der Waals surface area contributed by atoms with Crippen LogP contribution in [0.3, 0.4) is 0 Å². The molecule has 3 unspecified atom stereocenters. The summed E-state index contributed by atoms with van der Waals surface area (Å²) in [6.07, 6.45) is 0. The molecule has 3 atom stereocenters. The smallest absolute Gasteiger partial charge is 0.138 e. The second-order valence-corrected chi connectivity index (χ2v) is 11.5. The number of ketones is 1. The van der Waals surface area contributed by atoms with Crippen LogP contribution >= 0.6 is 0 Å². The molecule has 0 amide bonds. The van der Waals surface area contributed by atoms with Crippen LogP contribution in [0.2, 0.25) is 0 Å². The lowest BCUT2D eigenvalue weighted by atomic mass is 9.80. The highest BCUT2D eigenvalue weighted by Crippen LogP contribution is 2.25. The number of carbonyl (C=O) groups is 1. The Morgan fingerprint density at radius 1 is 0.433 bits per heavy atom. The highest BCUT2D eigenvalue weighted by Gasteiger charge is 2.19. The van der Waals surface area contributed by atoms with Crippen molar-refractivity contribution >= 4 is 5.78 Å². The van der Waals surface area contributed by atoms with Crippen molar-refractivity contribution in [2.24, 2.45) is 53.3 Å². The Hall–Kier alpha value is -0.590. The van der Waals surface area contributed by atoms with Crippen LogP contribution in [0.15, 0.2) is 11.1 Å². The van der Waals surface area contributed by atoms with Crippen molar-refractivity contribution in [3.8, 4) is 0 Å². The molecule has 30 heavy (non-hydrogen) atoms. The number of hydrogen-bond acceptors (Lipinski definition) is 1. The van der Waals surface area contributed by atoms with Crippen molar-refractivity contribution in [3.63, 3.8) is 0 Å². The van der Waals surface area contributed by atoms with Crippen LogP contribution < -0.4 is 0 Å².